The van der Waals surface area contributed by atoms with Gasteiger partial charge in [0.2, 0.25) is 5.91 Å². The van der Waals surface area contributed by atoms with Crippen LogP contribution in [0.2, 0.25) is 0 Å². The lowest BCUT2D eigenvalue weighted by molar-refractivity contribution is -0.111. The average Bonchev–Trinajstić information content (AvgIpc) is 3.05. The van der Waals surface area contributed by atoms with Crippen LogP contribution in [-0.2, 0) is 24.9 Å². The topological polar surface area (TPSA) is 79.5 Å². The normalized spacial score (nSPS) is 12.4. The number of nitrogens with zero attached hydrogens (tertiary/aromatic N) is 3. The summed E-state index contributed by atoms with van der Waals surface area (Å²) in [7, 11) is 1.89. The highest BCUT2D eigenvalue weighted by atomic mass is 16.3. The van der Waals surface area contributed by atoms with Crippen LogP contribution in [0.5, 0.6) is 0 Å². The van der Waals surface area contributed by atoms with E-state index in [9.17, 15) is 4.79 Å². The number of hydrogen-bond donors (Lipinski definition) is 2. The zero-order valence-corrected chi connectivity index (χ0v) is 16.0. The molecule has 0 radical (unpaired) electrons. The van der Waals surface area contributed by atoms with Gasteiger partial charge in [-0.15, -0.1) is 0 Å². The molecule has 2 rings (SSSR count). The van der Waals surface area contributed by atoms with Gasteiger partial charge in [0, 0.05) is 42.8 Å². The molecule has 6 heteroatoms. The Morgan fingerprint density at radius 2 is 2.19 bits per heavy atom. The first-order valence-electron chi connectivity index (χ1n) is 8.75. The first-order chi connectivity index (χ1) is 12.9. The van der Waals surface area contributed by atoms with Crippen LogP contribution >= 0.6 is 0 Å². The van der Waals surface area contributed by atoms with E-state index in [2.05, 4.69) is 15.4 Å². The van der Waals surface area contributed by atoms with Gasteiger partial charge in [0.15, 0.2) is 0 Å². The second kappa shape index (κ2) is 9.64. The van der Waals surface area contributed by atoms with E-state index in [1.165, 1.54) is 6.08 Å². The molecule has 0 unspecified atom stereocenters. The van der Waals surface area contributed by atoms with Crippen LogP contribution in [0.15, 0.2) is 66.1 Å². The number of benzene rings is 1. The van der Waals surface area contributed by atoms with Gasteiger partial charge in [-0.1, -0.05) is 38.1 Å². The first-order valence-corrected chi connectivity index (χ1v) is 8.75. The van der Waals surface area contributed by atoms with Gasteiger partial charge >= 0.3 is 0 Å². The summed E-state index contributed by atoms with van der Waals surface area (Å²) in [5.74, 6) is -0.223. The number of amides is 1. The quantitative estimate of drug-likeness (QED) is 0.556. The number of aliphatic imine (C=N–C) groups is 1. The minimum Gasteiger partial charge on any atom is -0.392 e. The van der Waals surface area contributed by atoms with Gasteiger partial charge in [-0.25, -0.2) is 0 Å². The summed E-state index contributed by atoms with van der Waals surface area (Å²) in [5.41, 5.74) is 2.18. The molecule has 0 aliphatic heterocycles. The second-order valence-corrected chi connectivity index (χ2v) is 6.89. The third-order valence-electron chi connectivity index (χ3n) is 3.75. The van der Waals surface area contributed by atoms with Gasteiger partial charge in [0.05, 0.1) is 12.8 Å². The molecule has 0 bridgehead atoms. The Hall–Kier alpha value is -2.99. The minimum absolute atomic E-state index is 0.0582. The van der Waals surface area contributed by atoms with Crippen molar-refractivity contribution in [1.82, 2.24) is 9.78 Å². The summed E-state index contributed by atoms with van der Waals surface area (Å²) < 4.78 is 1.77. The van der Waals surface area contributed by atoms with Crippen molar-refractivity contribution in [3.05, 3.63) is 72.2 Å². The molecule has 0 aliphatic rings. The molecule has 1 amide bonds. The van der Waals surface area contributed by atoms with Gasteiger partial charge in [-0.2, -0.15) is 5.10 Å². The summed E-state index contributed by atoms with van der Waals surface area (Å²) in [6.45, 7) is 3.89. The maximum absolute atomic E-state index is 12.1. The molecular formula is C21H26N4O2. The fraction of sp³-hybridized carbons (Fsp3) is 0.286. The molecule has 1 aromatic carbocycles. The van der Waals surface area contributed by atoms with E-state index in [1.807, 2.05) is 39.4 Å². The van der Waals surface area contributed by atoms with Crippen LogP contribution in [0.1, 0.15) is 25.0 Å². The number of allylic oxidation sites excluding steroid dienone is 2. The Morgan fingerprint density at radius 3 is 2.89 bits per heavy atom. The van der Waals surface area contributed by atoms with E-state index in [-0.39, 0.29) is 17.9 Å². The third-order valence-corrected chi connectivity index (χ3v) is 3.75. The highest BCUT2D eigenvalue weighted by molar-refractivity contribution is 5.99. The molecule has 0 aliphatic carbocycles. The van der Waals surface area contributed by atoms with Crippen molar-refractivity contribution < 1.29 is 9.90 Å². The predicted molar refractivity (Wildman–Crippen MR) is 108 cm³/mol. The second-order valence-electron chi connectivity index (χ2n) is 6.89. The highest BCUT2D eigenvalue weighted by Gasteiger charge is 2.10. The maximum Gasteiger partial charge on any atom is 0.248 e. The van der Waals surface area contributed by atoms with Gasteiger partial charge in [0.25, 0.3) is 0 Å². The van der Waals surface area contributed by atoms with Crippen molar-refractivity contribution in [2.24, 2.45) is 17.5 Å². The van der Waals surface area contributed by atoms with E-state index in [1.54, 1.807) is 47.4 Å². The molecule has 0 saturated carbocycles. The van der Waals surface area contributed by atoms with Gasteiger partial charge in [-0.05, 0) is 29.7 Å². The zero-order valence-electron chi connectivity index (χ0n) is 16.0. The summed E-state index contributed by atoms with van der Waals surface area (Å²) in [4.78, 5) is 16.4. The summed E-state index contributed by atoms with van der Waals surface area (Å²) >= 11 is 0. The van der Waals surface area contributed by atoms with Crippen molar-refractivity contribution >= 4 is 17.8 Å². The third kappa shape index (κ3) is 7.42. The number of carbonyl (C=O) groups excluding carboxylic acids is 1. The highest BCUT2D eigenvalue weighted by Crippen LogP contribution is 2.15. The number of rotatable bonds is 8. The molecule has 6 nitrogen and oxygen atoms in total. The lowest BCUT2D eigenvalue weighted by Crippen LogP contribution is -2.13. The van der Waals surface area contributed by atoms with Crippen LogP contribution in [0.4, 0.5) is 5.69 Å². The van der Waals surface area contributed by atoms with E-state index in [4.69, 9.17) is 5.11 Å². The van der Waals surface area contributed by atoms with Crippen molar-refractivity contribution in [2.45, 2.75) is 26.9 Å². The van der Waals surface area contributed by atoms with Crippen LogP contribution in [0, 0.1) is 5.41 Å². The Morgan fingerprint density at radius 1 is 1.37 bits per heavy atom. The first kappa shape index (κ1) is 20.3. The fourth-order valence-electron chi connectivity index (χ4n) is 2.33. The molecule has 27 heavy (non-hydrogen) atoms. The van der Waals surface area contributed by atoms with Crippen molar-refractivity contribution in [3.8, 4) is 0 Å². The largest absolute Gasteiger partial charge is 0.392 e. The van der Waals surface area contributed by atoms with E-state index < -0.39 is 0 Å². The Bertz CT molecular complexity index is 847. The Labute approximate surface area is 159 Å². The van der Waals surface area contributed by atoms with Crippen molar-refractivity contribution in [1.29, 1.82) is 0 Å². The molecule has 0 fully saturated rings. The summed E-state index contributed by atoms with van der Waals surface area (Å²) in [5, 5.41) is 16.0. The molecule has 1 aromatic heterocycles. The molecule has 0 spiro atoms. The number of aliphatic hydroxyl groups excluding tert-OH is 1. The zero-order chi connectivity index (χ0) is 19.7. The lowest BCUT2D eigenvalue weighted by atomic mass is 9.95. The monoisotopic (exact) mass is 366 g/mol. The number of carbonyl (C=O) groups is 1. The number of nitrogens with one attached hydrogen (secondary N) is 1. The number of aliphatic hydroxyl groups is 1. The van der Waals surface area contributed by atoms with Crippen molar-refractivity contribution in [2.75, 3.05) is 5.32 Å². The van der Waals surface area contributed by atoms with E-state index >= 15 is 0 Å². The predicted octanol–water partition coefficient (Wildman–Crippen LogP) is 3.26. The Kier molecular flexibility index (Phi) is 7.25. The van der Waals surface area contributed by atoms with Crippen LogP contribution in [-0.4, -0.2) is 27.0 Å². The van der Waals surface area contributed by atoms with Gasteiger partial charge in [0.1, 0.15) is 0 Å². The van der Waals surface area contributed by atoms with Gasteiger partial charge in [-0.3, -0.25) is 14.5 Å². The van der Waals surface area contributed by atoms with Gasteiger partial charge < -0.3 is 10.4 Å². The van der Waals surface area contributed by atoms with Crippen LogP contribution in [0.25, 0.3) is 0 Å². The average molecular weight is 366 g/mol. The maximum atomic E-state index is 12.1. The molecule has 2 N–H and O–H groups in total. The number of hydrogen-bond acceptors (Lipinski definition) is 4. The number of aromatic nitrogens is 2. The van der Waals surface area contributed by atoms with E-state index in [0.29, 0.717) is 5.69 Å². The minimum atomic E-state index is -0.358. The lowest BCUT2D eigenvalue weighted by Gasteiger charge is -2.12. The van der Waals surface area contributed by atoms with Crippen LogP contribution < -0.4 is 5.32 Å². The number of aryl methyl sites for hydroxylation is 1. The molecule has 1 heterocycles. The molecule has 0 saturated heterocycles. The molecular weight excluding hydrogens is 340 g/mol. The standard InChI is InChI=1S/C21H26N4O2/c1-21(2,16-22-11-5-7-18-13-23-25(3)14-18)10-9-20(27)24-19-8-4-6-17(12-19)15-26/h4-6,8-14,16,26H,7,15H2,1-3H3,(H,24,27)/b10-9+,11-5-,22-16?. The Balaban J connectivity index is 1.84. The van der Waals surface area contributed by atoms with Crippen molar-refractivity contribution in [3.63, 3.8) is 0 Å². The fourth-order valence-corrected chi connectivity index (χ4v) is 2.33. The molecule has 2 aromatic rings. The smallest absolute Gasteiger partial charge is 0.248 e. The summed E-state index contributed by atoms with van der Waals surface area (Å²) in [6, 6.07) is 7.11. The molecule has 142 valence electrons. The SMILES string of the molecule is Cn1cc(C/C=C\N=CC(C)(C)/C=C/C(=O)Nc2cccc(CO)c2)cn1. The summed E-state index contributed by atoms with van der Waals surface area (Å²) in [6.07, 6.45) is 13.4. The van der Waals surface area contributed by atoms with E-state index in [0.717, 1.165) is 17.5 Å². The number of anilines is 1. The molecule has 0 atom stereocenters. The van der Waals surface area contributed by atoms with Crippen LogP contribution in [0.3, 0.4) is 0 Å².